The maximum absolute atomic E-state index is 12.0. The molecule has 4 rings (SSSR count). The SMILES string of the molecule is CC(C)(C)OC(=O)NC1CCC(CN2CCN(c3nsc4ccccc34)CC2)CC1. The third-order valence-electron chi connectivity index (χ3n) is 6.11. The molecule has 6 nitrogen and oxygen atoms in total. The number of carbonyl (C=O) groups is 1. The molecule has 1 saturated heterocycles. The highest BCUT2D eigenvalue weighted by atomic mass is 32.1. The van der Waals surface area contributed by atoms with Gasteiger partial charge >= 0.3 is 6.09 Å². The fourth-order valence-electron chi connectivity index (χ4n) is 4.57. The van der Waals surface area contributed by atoms with E-state index in [4.69, 9.17) is 9.11 Å². The van der Waals surface area contributed by atoms with Gasteiger partial charge in [-0.05, 0) is 76.0 Å². The van der Waals surface area contributed by atoms with E-state index >= 15 is 0 Å². The minimum absolute atomic E-state index is 0.255. The van der Waals surface area contributed by atoms with Gasteiger partial charge in [0.2, 0.25) is 0 Å². The van der Waals surface area contributed by atoms with Crippen LogP contribution in [0.15, 0.2) is 24.3 Å². The number of benzene rings is 1. The van der Waals surface area contributed by atoms with Gasteiger partial charge in [0.15, 0.2) is 0 Å². The Balaban J connectivity index is 1.20. The summed E-state index contributed by atoms with van der Waals surface area (Å²) in [6.45, 7) is 11.2. The second-order valence-electron chi connectivity index (χ2n) is 9.65. The van der Waals surface area contributed by atoms with E-state index < -0.39 is 5.60 Å². The van der Waals surface area contributed by atoms with E-state index in [1.807, 2.05) is 20.8 Å². The molecule has 1 N–H and O–H groups in total. The third-order valence-corrected chi connectivity index (χ3v) is 6.93. The monoisotopic (exact) mass is 430 g/mol. The number of alkyl carbamates (subject to hydrolysis) is 1. The summed E-state index contributed by atoms with van der Waals surface area (Å²) in [5, 5.41) is 4.33. The summed E-state index contributed by atoms with van der Waals surface area (Å²) in [6.07, 6.45) is 4.18. The van der Waals surface area contributed by atoms with E-state index in [1.165, 1.54) is 29.5 Å². The minimum Gasteiger partial charge on any atom is -0.444 e. The van der Waals surface area contributed by atoms with Gasteiger partial charge in [-0.15, -0.1) is 0 Å². The van der Waals surface area contributed by atoms with Crippen LogP contribution in [0.2, 0.25) is 0 Å². The van der Waals surface area contributed by atoms with Crippen LogP contribution in [0.1, 0.15) is 46.5 Å². The van der Waals surface area contributed by atoms with Crippen molar-refractivity contribution < 1.29 is 9.53 Å². The number of anilines is 1. The standard InChI is InChI=1S/C23H34N4O2S/c1-23(2,3)29-22(28)24-18-10-8-17(9-11-18)16-26-12-14-27(15-13-26)21-19-6-4-5-7-20(19)30-25-21/h4-7,17-18H,8-16H2,1-3H3,(H,24,28). The molecule has 30 heavy (non-hydrogen) atoms. The Bertz CT molecular complexity index is 846. The average molecular weight is 431 g/mol. The molecule has 1 saturated carbocycles. The van der Waals surface area contributed by atoms with Crippen molar-refractivity contribution >= 4 is 33.5 Å². The van der Waals surface area contributed by atoms with Crippen LogP contribution in [0.4, 0.5) is 10.6 Å². The average Bonchev–Trinajstić information content (AvgIpc) is 3.13. The number of ether oxygens (including phenoxy) is 1. The van der Waals surface area contributed by atoms with E-state index in [0.717, 1.165) is 50.8 Å². The molecular weight excluding hydrogens is 396 g/mol. The maximum atomic E-state index is 12.0. The molecule has 1 aliphatic carbocycles. The summed E-state index contributed by atoms with van der Waals surface area (Å²) in [5.74, 6) is 1.89. The maximum Gasteiger partial charge on any atom is 0.407 e. The van der Waals surface area contributed by atoms with E-state index in [1.54, 1.807) is 11.5 Å². The number of rotatable bonds is 4. The zero-order chi connectivity index (χ0) is 21.1. The first-order chi connectivity index (χ1) is 14.4. The number of nitrogens with one attached hydrogen (secondary N) is 1. The molecule has 2 fully saturated rings. The highest BCUT2D eigenvalue weighted by molar-refractivity contribution is 7.13. The number of hydrogen-bond donors (Lipinski definition) is 1. The Labute approximate surface area is 183 Å². The molecule has 1 aromatic heterocycles. The van der Waals surface area contributed by atoms with Crippen molar-refractivity contribution in [1.29, 1.82) is 0 Å². The van der Waals surface area contributed by atoms with Gasteiger partial charge in [0.05, 0.1) is 4.70 Å². The van der Waals surface area contributed by atoms with Crippen LogP contribution in [0, 0.1) is 5.92 Å². The molecule has 1 aliphatic heterocycles. The van der Waals surface area contributed by atoms with E-state index in [2.05, 4.69) is 39.4 Å². The summed E-state index contributed by atoms with van der Waals surface area (Å²) in [7, 11) is 0. The fourth-order valence-corrected chi connectivity index (χ4v) is 5.37. The Morgan fingerprint density at radius 2 is 1.83 bits per heavy atom. The van der Waals surface area contributed by atoms with Crippen LogP contribution in [0.5, 0.6) is 0 Å². The lowest BCUT2D eigenvalue weighted by Crippen LogP contribution is -2.48. The number of nitrogens with zero attached hydrogens (tertiary/aromatic N) is 3. The van der Waals surface area contributed by atoms with Gasteiger partial charge in [0, 0.05) is 44.2 Å². The van der Waals surface area contributed by atoms with Gasteiger partial charge < -0.3 is 15.0 Å². The Hall–Kier alpha value is -1.86. The predicted molar refractivity (Wildman–Crippen MR) is 123 cm³/mol. The summed E-state index contributed by atoms with van der Waals surface area (Å²) >= 11 is 1.60. The lowest BCUT2D eigenvalue weighted by Gasteiger charge is -2.38. The van der Waals surface area contributed by atoms with Crippen molar-refractivity contribution in [3.63, 3.8) is 0 Å². The molecule has 2 aliphatic rings. The van der Waals surface area contributed by atoms with Crippen LogP contribution >= 0.6 is 11.5 Å². The summed E-state index contributed by atoms with van der Waals surface area (Å²) in [5.41, 5.74) is -0.436. The Morgan fingerprint density at radius 3 is 2.53 bits per heavy atom. The molecule has 0 atom stereocenters. The molecule has 2 aromatic rings. The second-order valence-corrected chi connectivity index (χ2v) is 10.5. The first-order valence-corrected chi connectivity index (χ1v) is 12.0. The highest BCUT2D eigenvalue weighted by Gasteiger charge is 2.27. The van der Waals surface area contributed by atoms with E-state index in [9.17, 15) is 4.79 Å². The molecule has 0 radical (unpaired) electrons. The van der Waals surface area contributed by atoms with Crippen LogP contribution in [-0.2, 0) is 4.74 Å². The topological polar surface area (TPSA) is 57.7 Å². The van der Waals surface area contributed by atoms with E-state index in [-0.39, 0.29) is 12.1 Å². The number of piperazine rings is 1. The van der Waals surface area contributed by atoms with Crippen LogP contribution < -0.4 is 10.2 Å². The summed E-state index contributed by atoms with van der Waals surface area (Å²) in [4.78, 5) is 17.0. The van der Waals surface area contributed by atoms with Gasteiger partial charge in [-0.2, -0.15) is 4.37 Å². The van der Waals surface area contributed by atoms with Crippen molar-refractivity contribution in [3.05, 3.63) is 24.3 Å². The largest absolute Gasteiger partial charge is 0.444 e. The summed E-state index contributed by atoms with van der Waals surface area (Å²) < 4.78 is 11.4. The normalized spacial score (nSPS) is 23.5. The van der Waals surface area contributed by atoms with Crippen molar-refractivity contribution in [2.75, 3.05) is 37.6 Å². The number of hydrogen-bond acceptors (Lipinski definition) is 6. The molecule has 0 bridgehead atoms. The molecule has 7 heteroatoms. The van der Waals surface area contributed by atoms with Crippen molar-refractivity contribution in [2.24, 2.45) is 5.92 Å². The van der Waals surface area contributed by atoms with Crippen molar-refractivity contribution in [3.8, 4) is 0 Å². The van der Waals surface area contributed by atoms with Gasteiger partial charge in [0.1, 0.15) is 11.4 Å². The number of fused-ring (bicyclic) bond motifs is 1. The Kier molecular flexibility index (Phi) is 6.48. The quantitative estimate of drug-likeness (QED) is 0.774. The Morgan fingerprint density at radius 1 is 1.13 bits per heavy atom. The van der Waals surface area contributed by atoms with E-state index in [0.29, 0.717) is 0 Å². The second kappa shape index (κ2) is 9.10. The molecule has 0 spiro atoms. The van der Waals surface area contributed by atoms with Crippen molar-refractivity contribution in [2.45, 2.75) is 58.1 Å². The predicted octanol–water partition coefficient (Wildman–Crippen LogP) is 4.50. The van der Waals surface area contributed by atoms with Gasteiger partial charge in [-0.25, -0.2) is 4.79 Å². The van der Waals surface area contributed by atoms with Gasteiger partial charge in [-0.3, -0.25) is 4.90 Å². The zero-order valence-corrected chi connectivity index (χ0v) is 19.2. The zero-order valence-electron chi connectivity index (χ0n) is 18.4. The smallest absolute Gasteiger partial charge is 0.407 e. The molecular formula is C23H34N4O2S. The first-order valence-electron chi connectivity index (χ1n) is 11.2. The highest BCUT2D eigenvalue weighted by Crippen LogP contribution is 2.30. The van der Waals surface area contributed by atoms with Gasteiger partial charge in [0.25, 0.3) is 0 Å². The van der Waals surface area contributed by atoms with Crippen molar-refractivity contribution in [1.82, 2.24) is 14.6 Å². The number of aromatic nitrogens is 1. The first kappa shape index (κ1) is 21.4. The summed E-state index contributed by atoms with van der Waals surface area (Å²) in [6, 6.07) is 8.78. The number of amides is 1. The number of carbonyl (C=O) groups excluding carboxylic acids is 1. The molecule has 164 valence electrons. The molecule has 1 amide bonds. The lowest BCUT2D eigenvalue weighted by atomic mass is 9.85. The van der Waals surface area contributed by atoms with Gasteiger partial charge in [-0.1, -0.05) is 12.1 Å². The van der Waals surface area contributed by atoms with Crippen LogP contribution in [0.25, 0.3) is 10.1 Å². The minimum atomic E-state index is -0.436. The van der Waals surface area contributed by atoms with Crippen LogP contribution in [0.3, 0.4) is 0 Å². The molecule has 1 aromatic carbocycles. The van der Waals surface area contributed by atoms with Crippen LogP contribution in [-0.4, -0.2) is 59.7 Å². The molecule has 0 unspecified atom stereocenters. The lowest BCUT2D eigenvalue weighted by molar-refractivity contribution is 0.0483. The molecule has 2 heterocycles. The fraction of sp³-hybridized carbons (Fsp3) is 0.652. The third kappa shape index (κ3) is 5.43.